The number of phenols is 1. The van der Waals surface area contributed by atoms with Gasteiger partial charge in [0, 0.05) is 0 Å². The van der Waals surface area contributed by atoms with E-state index < -0.39 is 0 Å². The largest absolute Gasteiger partial charge is 0.508 e. The fourth-order valence-corrected chi connectivity index (χ4v) is 6.65. The molecular formula is C22H31FO. The van der Waals surface area contributed by atoms with Crippen molar-refractivity contribution < 1.29 is 9.50 Å². The van der Waals surface area contributed by atoms with Crippen molar-refractivity contribution >= 4 is 0 Å². The zero-order chi connectivity index (χ0) is 16.9. The molecule has 3 aliphatic carbocycles. The molecule has 0 amide bonds. The highest BCUT2D eigenvalue weighted by Gasteiger charge is 2.54. The molecule has 3 aliphatic rings. The van der Waals surface area contributed by atoms with Crippen LogP contribution in [0.15, 0.2) is 12.1 Å². The molecule has 1 N–H and O–H groups in total. The maximum Gasteiger partial charge on any atom is 0.119 e. The van der Waals surface area contributed by atoms with Crippen LogP contribution in [-0.4, -0.2) is 11.8 Å². The number of hydrogen-bond donors (Lipinski definition) is 1. The van der Waals surface area contributed by atoms with Crippen molar-refractivity contribution in [2.45, 2.75) is 71.1 Å². The van der Waals surface area contributed by atoms with E-state index in [0.29, 0.717) is 23.0 Å². The second kappa shape index (κ2) is 6.04. The first kappa shape index (κ1) is 16.4. The van der Waals surface area contributed by atoms with Crippen molar-refractivity contribution in [1.82, 2.24) is 0 Å². The molecular weight excluding hydrogens is 299 g/mol. The molecule has 2 fully saturated rings. The Bertz CT molecular complexity index is 625. The SMILES string of the molecule is CCc1cc2c(cc1O)CC[C@@H]1[C@@H]2CC[C@]2(C)[C@@H](CCF)CC[C@@H]12. The highest BCUT2D eigenvalue weighted by Crippen LogP contribution is 2.63. The monoisotopic (exact) mass is 330 g/mol. The predicted molar refractivity (Wildman–Crippen MR) is 96.2 cm³/mol. The number of aromatic hydroxyl groups is 1. The second-order valence-electron chi connectivity index (χ2n) is 8.75. The molecule has 1 nitrogen and oxygen atoms in total. The van der Waals surface area contributed by atoms with Gasteiger partial charge in [0.2, 0.25) is 0 Å². The first-order valence-corrected chi connectivity index (χ1v) is 9.99. The van der Waals surface area contributed by atoms with Gasteiger partial charge in [-0.05, 0) is 103 Å². The molecule has 0 bridgehead atoms. The topological polar surface area (TPSA) is 20.2 Å². The summed E-state index contributed by atoms with van der Waals surface area (Å²) < 4.78 is 13.0. The number of alkyl halides is 1. The number of benzene rings is 1. The summed E-state index contributed by atoms with van der Waals surface area (Å²) in [5.74, 6) is 3.30. The second-order valence-corrected chi connectivity index (χ2v) is 8.75. The Morgan fingerprint density at radius 2 is 2.04 bits per heavy atom. The van der Waals surface area contributed by atoms with Crippen LogP contribution in [0, 0.1) is 23.2 Å². The molecule has 0 spiro atoms. The summed E-state index contributed by atoms with van der Waals surface area (Å²) in [5, 5.41) is 10.2. The molecule has 0 aliphatic heterocycles. The van der Waals surface area contributed by atoms with Crippen LogP contribution in [0.1, 0.15) is 75.0 Å². The van der Waals surface area contributed by atoms with Crippen LogP contribution in [0.3, 0.4) is 0 Å². The molecule has 24 heavy (non-hydrogen) atoms. The minimum atomic E-state index is -0.150. The summed E-state index contributed by atoms with van der Waals surface area (Å²) in [7, 11) is 0. The summed E-state index contributed by atoms with van der Waals surface area (Å²) in [4.78, 5) is 0. The molecule has 1 aromatic rings. The van der Waals surface area contributed by atoms with E-state index in [4.69, 9.17) is 0 Å². The number of hydrogen-bond acceptors (Lipinski definition) is 1. The molecule has 4 rings (SSSR count). The van der Waals surface area contributed by atoms with Gasteiger partial charge in [0.1, 0.15) is 5.75 Å². The van der Waals surface area contributed by atoms with Crippen LogP contribution in [-0.2, 0) is 12.8 Å². The van der Waals surface area contributed by atoms with Crippen molar-refractivity contribution in [3.8, 4) is 5.75 Å². The van der Waals surface area contributed by atoms with Gasteiger partial charge in [-0.25, -0.2) is 0 Å². The van der Waals surface area contributed by atoms with Gasteiger partial charge in [0.15, 0.2) is 0 Å². The third kappa shape index (κ3) is 2.32. The lowest BCUT2D eigenvalue weighted by Crippen LogP contribution is -2.42. The number of phenolic OH excluding ortho intramolecular Hbond substituents is 1. The highest BCUT2D eigenvalue weighted by atomic mass is 19.1. The summed E-state index contributed by atoms with van der Waals surface area (Å²) in [6.45, 7) is 4.44. The summed E-state index contributed by atoms with van der Waals surface area (Å²) in [5.41, 5.74) is 4.38. The fraction of sp³-hybridized carbons (Fsp3) is 0.727. The van der Waals surface area contributed by atoms with E-state index >= 15 is 0 Å². The maximum absolute atomic E-state index is 13.0. The molecule has 0 heterocycles. The summed E-state index contributed by atoms with van der Waals surface area (Å²) in [6, 6.07) is 4.34. The Labute approximate surface area is 145 Å². The Morgan fingerprint density at radius 1 is 1.21 bits per heavy atom. The van der Waals surface area contributed by atoms with Crippen molar-refractivity contribution in [1.29, 1.82) is 0 Å². The highest BCUT2D eigenvalue weighted by molar-refractivity contribution is 5.45. The van der Waals surface area contributed by atoms with Crippen LogP contribution in [0.5, 0.6) is 5.75 Å². The van der Waals surface area contributed by atoms with Crippen molar-refractivity contribution in [2.24, 2.45) is 23.2 Å². The van der Waals surface area contributed by atoms with Crippen LogP contribution in [0.4, 0.5) is 4.39 Å². The van der Waals surface area contributed by atoms with Crippen molar-refractivity contribution in [3.05, 3.63) is 28.8 Å². The smallest absolute Gasteiger partial charge is 0.119 e. The van der Waals surface area contributed by atoms with E-state index in [0.717, 1.165) is 36.7 Å². The summed E-state index contributed by atoms with van der Waals surface area (Å²) in [6.07, 6.45) is 9.07. The van der Waals surface area contributed by atoms with Crippen LogP contribution in [0.25, 0.3) is 0 Å². The van der Waals surface area contributed by atoms with Crippen LogP contribution >= 0.6 is 0 Å². The van der Waals surface area contributed by atoms with E-state index in [1.165, 1.54) is 43.2 Å². The first-order chi connectivity index (χ1) is 11.6. The van der Waals surface area contributed by atoms with Crippen LogP contribution < -0.4 is 0 Å². The van der Waals surface area contributed by atoms with Gasteiger partial charge in [-0.2, -0.15) is 0 Å². The molecule has 0 saturated heterocycles. The Kier molecular flexibility index (Phi) is 4.13. The number of aryl methyl sites for hydroxylation is 2. The van der Waals surface area contributed by atoms with Gasteiger partial charge in [0.25, 0.3) is 0 Å². The Balaban J connectivity index is 1.66. The number of rotatable bonds is 3. The Morgan fingerprint density at radius 3 is 2.79 bits per heavy atom. The average molecular weight is 330 g/mol. The van der Waals surface area contributed by atoms with Crippen molar-refractivity contribution in [3.63, 3.8) is 0 Å². The van der Waals surface area contributed by atoms with Gasteiger partial charge in [0.05, 0.1) is 6.67 Å². The molecule has 5 atom stereocenters. The lowest BCUT2D eigenvalue weighted by Gasteiger charge is -2.51. The molecule has 2 heteroatoms. The standard InChI is InChI=1S/C22H31FO/c1-3-14-12-19-15(13-21(14)24)4-6-18-17(19)8-10-22(2)16(9-11-23)5-7-20(18)22/h12-13,16-18,20,24H,3-11H2,1-2H3/t16-,17+,18-,20+,22-/m1/s1. The lowest BCUT2D eigenvalue weighted by atomic mass is 9.54. The normalized spacial score (nSPS) is 37.6. The van der Waals surface area contributed by atoms with Gasteiger partial charge in [-0.1, -0.05) is 19.9 Å². The molecule has 1 aromatic carbocycles. The zero-order valence-electron chi connectivity index (χ0n) is 15.2. The third-order valence-corrected chi connectivity index (χ3v) is 7.96. The van der Waals surface area contributed by atoms with Gasteiger partial charge in [-0.15, -0.1) is 0 Å². The Hall–Kier alpha value is -1.05. The predicted octanol–water partition coefficient (Wildman–Crippen LogP) is 5.79. The van der Waals surface area contributed by atoms with Crippen LogP contribution in [0.2, 0.25) is 0 Å². The fourth-order valence-electron chi connectivity index (χ4n) is 6.65. The van der Waals surface area contributed by atoms with Crippen molar-refractivity contribution in [2.75, 3.05) is 6.67 Å². The van der Waals surface area contributed by atoms with Gasteiger partial charge in [-0.3, -0.25) is 4.39 Å². The van der Waals surface area contributed by atoms with E-state index in [1.807, 2.05) is 6.07 Å². The van der Waals surface area contributed by atoms with Gasteiger partial charge < -0.3 is 5.11 Å². The van der Waals surface area contributed by atoms with E-state index in [9.17, 15) is 9.50 Å². The minimum absolute atomic E-state index is 0.150. The average Bonchev–Trinajstić information content (AvgIpc) is 2.91. The number of halogens is 1. The minimum Gasteiger partial charge on any atom is -0.508 e. The van der Waals surface area contributed by atoms with Gasteiger partial charge >= 0.3 is 0 Å². The van der Waals surface area contributed by atoms with E-state index in [2.05, 4.69) is 19.9 Å². The zero-order valence-corrected chi connectivity index (χ0v) is 15.2. The maximum atomic E-state index is 13.0. The molecule has 0 aromatic heterocycles. The number of fused-ring (bicyclic) bond motifs is 5. The molecule has 0 unspecified atom stereocenters. The lowest BCUT2D eigenvalue weighted by molar-refractivity contribution is 0.0240. The van der Waals surface area contributed by atoms with E-state index in [-0.39, 0.29) is 6.67 Å². The molecule has 0 radical (unpaired) electrons. The first-order valence-electron chi connectivity index (χ1n) is 9.99. The molecule has 2 saturated carbocycles. The quantitative estimate of drug-likeness (QED) is 0.744. The molecule has 132 valence electrons. The summed E-state index contributed by atoms with van der Waals surface area (Å²) >= 11 is 0. The van der Waals surface area contributed by atoms with E-state index in [1.54, 1.807) is 0 Å². The third-order valence-electron chi connectivity index (χ3n) is 7.96.